The molecule has 0 rings (SSSR count). The molecule has 0 spiro atoms. The Hall–Kier alpha value is -1.36. The Kier molecular flexibility index (Phi) is 9.80. The molecule has 1 amide bonds. The second-order valence-electron chi connectivity index (χ2n) is 4.29. The largest absolute Gasteiger partial charge is 0.481 e. The molecule has 0 saturated heterocycles. The first kappa shape index (κ1) is 17.6. The van der Waals surface area contributed by atoms with Crippen molar-refractivity contribution in [3.63, 3.8) is 0 Å². The maximum Gasteiger partial charge on any atom is 0.305 e. The lowest BCUT2D eigenvalue weighted by molar-refractivity contribution is -0.195. The van der Waals surface area contributed by atoms with E-state index in [4.69, 9.17) is 9.94 Å². The van der Waals surface area contributed by atoms with E-state index in [1.54, 1.807) is 6.92 Å². The number of hydrogen-bond acceptors (Lipinski definition) is 3. The van der Waals surface area contributed by atoms with Crippen LogP contribution in [0.1, 0.15) is 52.9 Å². The molecule has 0 aliphatic carbocycles. The molecule has 0 aliphatic heterocycles. The van der Waals surface area contributed by atoms with Crippen molar-refractivity contribution in [2.24, 2.45) is 0 Å². The van der Waals surface area contributed by atoms with Crippen molar-refractivity contribution in [2.45, 2.75) is 58.9 Å². The Morgan fingerprint density at radius 3 is 2.47 bits per heavy atom. The highest BCUT2D eigenvalue weighted by Gasteiger charge is 2.23. The second-order valence-corrected chi connectivity index (χ2v) is 4.29. The van der Waals surface area contributed by atoms with Gasteiger partial charge in [-0.25, -0.2) is 5.06 Å². The van der Waals surface area contributed by atoms with E-state index in [2.05, 4.69) is 6.92 Å². The van der Waals surface area contributed by atoms with Gasteiger partial charge in [0.05, 0.1) is 19.1 Å². The molecule has 5 nitrogen and oxygen atoms in total. The van der Waals surface area contributed by atoms with Crippen molar-refractivity contribution in [1.82, 2.24) is 5.06 Å². The molecule has 1 atom stereocenters. The van der Waals surface area contributed by atoms with Gasteiger partial charge in [-0.3, -0.25) is 14.4 Å². The summed E-state index contributed by atoms with van der Waals surface area (Å²) >= 11 is 0. The second kappa shape index (κ2) is 10.6. The third kappa shape index (κ3) is 7.62. The maximum atomic E-state index is 12.0. The van der Waals surface area contributed by atoms with Gasteiger partial charge in [0, 0.05) is 6.08 Å². The number of hydroxylamine groups is 2. The highest BCUT2D eigenvalue weighted by atomic mass is 16.7. The molecule has 0 saturated carbocycles. The number of rotatable bonds is 10. The lowest BCUT2D eigenvalue weighted by atomic mass is 10.1. The Bertz CT molecular complexity index is 302. The molecule has 1 N–H and O–H groups in total. The van der Waals surface area contributed by atoms with Gasteiger partial charge in [0.15, 0.2) is 0 Å². The van der Waals surface area contributed by atoms with Crippen LogP contribution in [0, 0.1) is 0 Å². The monoisotopic (exact) mass is 271 g/mol. The van der Waals surface area contributed by atoms with Crippen LogP contribution in [-0.2, 0) is 14.4 Å². The van der Waals surface area contributed by atoms with Gasteiger partial charge < -0.3 is 5.11 Å². The third-order valence-corrected chi connectivity index (χ3v) is 2.68. The van der Waals surface area contributed by atoms with E-state index in [9.17, 15) is 9.59 Å². The van der Waals surface area contributed by atoms with Crippen LogP contribution < -0.4 is 0 Å². The predicted molar refractivity (Wildman–Crippen MR) is 73.5 cm³/mol. The number of aliphatic carboxylic acids is 1. The van der Waals surface area contributed by atoms with Gasteiger partial charge in [-0.15, -0.1) is 0 Å². The standard InChI is InChI=1S/C14H25NO4/c1-4-7-8-9-10-13(16)15(19-6-3)12(5-2)11-14(17)18/h9-10,12H,4-8,11H2,1-3H3,(H,17,18). The summed E-state index contributed by atoms with van der Waals surface area (Å²) in [5.74, 6) is -1.22. The average molecular weight is 271 g/mol. The fourth-order valence-corrected chi connectivity index (χ4v) is 1.66. The van der Waals surface area contributed by atoms with E-state index in [-0.39, 0.29) is 12.3 Å². The van der Waals surface area contributed by atoms with E-state index in [1.807, 2.05) is 13.0 Å². The van der Waals surface area contributed by atoms with Crippen molar-refractivity contribution >= 4 is 11.9 Å². The van der Waals surface area contributed by atoms with Crippen molar-refractivity contribution in [3.05, 3.63) is 12.2 Å². The van der Waals surface area contributed by atoms with Crippen LogP contribution in [0.5, 0.6) is 0 Å². The molecule has 0 heterocycles. The van der Waals surface area contributed by atoms with Crippen LogP contribution >= 0.6 is 0 Å². The lowest BCUT2D eigenvalue weighted by Gasteiger charge is -2.27. The topological polar surface area (TPSA) is 66.8 Å². The number of hydrogen-bond donors (Lipinski definition) is 1. The highest BCUT2D eigenvalue weighted by molar-refractivity contribution is 5.87. The van der Waals surface area contributed by atoms with Gasteiger partial charge in [0.2, 0.25) is 0 Å². The summed E-state index contributed by atoms with van der Waals surface area (Å²) in [6.07, 6.45) is 6.67. The number of allylic oxidation sites excluding steroid dienone is 1. The number of carboxylic acid groups (broad SMARTS) is 1. The molecule has 110 valence electrons. The minimum absolute atomic E-state index is 0.106. The van der Waals surface area contributed by atoms with Crippen LogP contribution in [-0.4, -0.2) is 34.7 Å². The summed E-state index contributed by atoms with van der Waals surface area (Å²) < 4.78 is 0. The zero-order valence-corrected chi connectivity index (χ0v) is 12.1. The molecule has 0 aliphatic rings. The van der Waals surface area contributed by atoms with Crippen molar-refractivity contribution in [1.29, 1.82) is 0 Å². The van der Waals surface area contributed by atoms with E-state index in [0.29, 0.717) is 13.0 Å². The zero-order chi connectivity index (χ0) is 14.7. The first-order chi connectivity index (χ1) is 9.06. The van der Waals surface area contributed by atoms with Gasteiger partial charge >= 0.3 is 5.97 Å². The summed E-state index contributed by atoms with van der Waals surface area (Å²) in [6.45, 7) is 6.04. The first-order valence-electron chi connectivity index (χ1n) is 6.91. The molecular formula is C14H25NO4. The average Bonchev–Trinajstić information content (AvgIpc) is 2.38. The minimum atomic E-state index is -0.931. The zero-order valence-electron chi connectivity index (χ0n) is 12.1. The number of carboxylic acids is 1. The van der Waals surface area contributed by atoms with Gasteiger partial charge in [-0.1, -0.05) is 32.8 Å². The summed E-state index contributed by atoms with van der Waals surface area (Å²) in [7, 11) is 0. The molecule has 0 aromatic rings. The summed E-state index contributed by atoms with van der Waals surface area (Å²) in [5.41, 5.74) is 0. The van der Waals surface area contributed by atoms with Gasteiger partial charge in [0.1, 0.15) is 0 Å². The fraction of sp³-hybridized carbons (Fsp3) is 0.714. The summed E-state index contributed by atoms with van der Waals surface area (Å²) in [4.78, 5) is 28.1. The summed E-state index contributed by atoms with van der Waals surface area (Å²) in [5, 5.41) is 10.0. The van der Waals surface area contributed by atoms with E-state index >= 15 is 0 Å². The normalized spacial score (nSPS) is 12.6. The molecule has 0 aromatic carbocycles. The highest BCUT2D eigenvalue weighted by Crippen LogP contribution is 2.11. The Labute approximate surface area is 115 Å². The first-order valence-corrected chi connectivity index (χ1v) is 6.91. The molecule has 1 unspecified atom stereocenters. The van der Waals surface area contributed by atoms with Gasteiger partial charge in [-0.05, 0) is 19.8 Å². The Morgan fingerprint density at radius 1 is 1.32 bits per heavy atom. The molecular weight excluding hydrogens is 246 g/mol. The van der Waals surface area contributed by atoms with Crippen molar-refractivity contribution < 1.29 is 19.5 Å². The van der Waals surface area contributed by atoms with E-state index in [1.165, 1.54) is 11.1 Å². The Morgan fingerprint density at radius 2 is 2.00 bits per heavy atom. The van der Waals surface area contributed by atoms with Gasteiger partial charge in [-0.2, -0.15) is 0 Å². The lowest BCUT2D eigenvalue weighted by Crippen LogP contribution is -2.40. The molecule has 0 radical (unpaired) electrons. The third-order valence-electron chi connectivity index (χ3n) is 2.68. The number of carbonyl (C=O) groups is 2. The molecule has 0 fully saturated rings. The minimum Gasteiger partial charge on any atom is -0.481 e. The van der Waals surface area contributed by atoms with E-state index in [0.717, 1.165) is 19.3 Å². The predicted octanol–water partition coefficient (Wildman–Crippen LogP) is 2.77. The molecule has 0 bridgehead atoms. The molecule has 0 aromatic heterocycles. The number of unbranched alkanes of at least 4 members (excludes halogenated alkanes) is 2. The van der Waals surface area contributed by atoms with Crippen molar-refractivity contribution in [2.75, 3.05) is 6.61 Å². The Balaban J connectivity index is 4.62. The van der Waals surface area contributed by atoms with Crippen LogP contribution in [0.4, 0.5) is 0 Å². The molecule has 5 heteroatoms. The van der Waals surface area contributed by atoms with Gasteiger partial charge in [0.25, 0.3) is 5.91 Å². The number of nitrogens with zero attached hydrogens (tertiary/aromatic N) is 1. The van der Waals surface area contributed by atoms with Crippen LogP contribution in [0.3, 0.4) is 0 Å². The summed E-state index contributed by atoms with van der Waals surface area (Å²) in [6, 6.07) is -0.430. The number of carbonyl (C=O) groups excluding carboxylic acids is 1. The van der Waals surface area contributed by atoms with Crippen LogP contribution in [0.2, 0.25) is 0 Å². The number of amides is 1. The van der Waals surface area contributed by atoms with E-state index < -0.39 is 12.0 Å². The SMILES string of the molecule is CCCCC=CC(=O)N(OCC)C(CC)CC(=O)O. The maximum absolute atomic E-state index is 12.0. The smallest absolute Gasteiger partial charge is 0.305 e. The van der Waals surface area contributed by atoms with Crippen molar-refractivity contribution in [3.8, 4) is 0 Å². The quantitative estimate of drug-likeness (QED) is 0.377. The fourth-order valence-electron chi connectivity index (χ4n) is 1.66. The molecule has 19 heavy (non-hydrogen) atoms. The van der Waals surface area contributed by atoms with Crippen LogP contribution in [0.25, 0.3) is 0 Å². The van der Waals surface area contributed by atoms with Crippen LogP contribution in [0.15, 0.2) is 12.2 Å².